The Morgan fingerprint density at radius 3 is 2.19 bits per heavy atom. The summed E-state index contributed by atoms with van der Waals surface area (Å²) in [7, 11) is 0. The number of nitrogens with one attached hydrogen (secondary N) is 2. The molecule has 84 valence electrons. The number of rotatable bonds is 1. The first-order valence-corrected chi connectivity index (χ1v) is 4.25. The van der Waals surface area contributed by atoms with Gasteiger partial charge in [-0.3, -0.25) is 10.1 Å². The third-order valence-corrected chi connectivity index (χ3v) is 2.12. The van der Waals surface area contributed by atoms with Crippen molar-refractivity contribution in [2.75, 3.05) is 0 Å². The van der Waals surface area contributed by atoms with Crippen molar-refractivity contribution in [2.45, 2.75) is 6.04 Å². The molecule has 1 fully saturated rings. The molecular formula is C9H5F3N2O2. The van der Waals surface area contributed by atoms with E-state index < -0.39 is 41.0 Å². The maximum atomic E-state index is 13.2. The van der Waals surface area contributed by atoms with E-state index in [2.05, 4.69) is 5.32 Å². The normalized spacial score (nSPS) is 19.6. The van der Waals surface area contributed by atoms with Gasteiger partial charge in [0.1, 0.15) is 11.9 Å². The summed E-state index contributed by atoms with van der Waals surface area (Å²) in [6.07, 6.45) is 0. The van der Waals surface area contributed by atoms with Crippen molar-refractivity contribution < 1.29 is 22.8 Å². The molecule has 1 heterocycles. The van der Waals surface area contributed by atoms with Gasteiger partial charge in [-0.1, -0.05) is 0 Å². The largest absolute Gasteiger partial charge is 0.322 e. The first kappa shape index (κ1) is 10.5. The minimum atomic E-state index is -1.36. The van der Waals surface area contributed by atoms with Crippen molar-refractivity contribution in [3.8, 4) is 0 Å². The van der Waals surface area contributed by atoms with Gasteiger partial charge in [-0.05, 0) is 6.07 Å². The molecule has 1 aliphatic rings. The molecule has 1 unspecified atom stereocenters. The Bertz CT molecular complexity index is 490. The van der Waals surface area contributed by atoms with Crippen LogP contribution in [0.2, 0.25) is 0 Å². The SMILES string of the molecule is O=C1NC(=O)C(c2cc(F)c(F)cc2F)N1. The summed E-state index contributed by atoms with van der Waals surface area (Å²) in [5.41, 5.74) is -0.415. The molecule has 4 nitrogen and oxygen atoms in total. The van der Waals surface area contributed by atoms with Crippen molar-refractivity contribution in [1.29, 1.82) is 0 Å². The molecule has 7 heteroatoms. The van der Waals surface area contributed by atoms with Crippen LogP contribution in [0.3, 0.4) is 0 Å². The number of hydrogen-bond acceptors (Lipinski definition) is 2. The minimum absolute atomic E-state index is 0.322. The second kappa shape index (κ2) is 3.51. The molecule has 0 radical (unpaired) electrons. The fourth-order valence-corrected chi connectivity index (χ4v) is 1.39. The van der Waals surface area contributed by atoms with Gasteiger partial charge in [-0.2, -0.15) is 0 Å². The fraction of sp³-hybridized carbons (Fsp3) is 0.111. The second-order valence-corrected chi connectivity index (χ2v) is 3.18. The molecule has 1 aromatic rings. The smallest absolute Gasteiger partial charge is 0.322 e. The van der Waals surface area contributed by atoms with Gasteiger partial charge in [0.2, 0.25) is 0 Å². The van der Waals surface area contributed by atoms with Gasteiger partial charge in [0.15, 0.2) is 11.6 Å². The van der Waals surface area contributed by atoms with Gasteiger partial charge >= 0.3 is 6.03 Å². The van der Waals surface area contributed by atoms with E-state index >= 15 is 0 Å². The number of imide groups is 1. The number of carbonyl (C=O) groups excluding carboxylic acids is 2. The summed E-state index contributed by atoms with van der Waals surface area (Å²) < 4.78 is 38.7. The Morgan fingerprint density at radius 2 is 1.62 bits per heavy atom. The third kappa shape index (κ3) is 1.60. The molecule has 0 saturated carbocycles. The van der Waals surface area contributed by atoms with Gasteiger partial charge in [-0.25, -0.2) is 18.0 Å². The summed E-state index contributed by atoms with van der Waals surface area (Å²) in [6.45, 7) is 0. The van der Waals surface area contributed by atoms with Crippen LogP contribution in [0.5, 0.6) is 0 Å². The molecule has 3 amide bonds. The van der Waals surface area contributed by atoms with Gasteiger partial charge in [0.25, 0.3) is 5.91 Å². The van der Waals surface area contributed by atoms with Crippen LogP contribution in [0.1, 0.15) is 11.6 Å². The zero-order valence-corrected chi connectivity index (χ0v) is 7.68. The standard InChI is InChI=1S/C9H5F3N2O2/c10-4-2-6(12)5(11)1-3(4)7-8(15)14-9(16)13-7/h1-2,7H,(H2,13,14,15,16). The number of benzene rings is 1. The molecule has 0 aromatic heterocycles. The highest BCUT2D eigenvalue weighted by Gasteiger charge is 2.33. The number of urea groups is 1. The van der Waals surface area contributed by atoms with E-state index in [0.717, 1.165) is 0 Å². The van der Waals surface area contributed by atoms with Crippen molar-refractivity contribution >= 4 is 11.9 Å². The van der Waals surface area contributed by atoms with Gasteiger partial charge in [-0.15, -0.1) is 0 Å². The van der Waals surface area contributed by atoms with Gasteiger partial charge < -0.3 is 5.32 Å². The molecule has 2 rings (SSSR count). The highest BCUT2D eigenvalue weighted by Crippen LogP contribution is 2.22. The van der Waals surface area contributed by atoms with E-state index in [-0.39, 0.29) is 0 Å². The Kier molecular flexibility index (Phi) is 2.30. The molecular weight excluding hydrogens is 225 g/mol. The lowest BCUT2D eigenvalue weighted by atomic mass is 10.1. The minimum Gasteiger partial charge on any atom is -0.322 e. The molecule has 0 bridgehead atoms. The first-order valence-electron chi connectivity index (χ1n) is 4.25. The average molecular weight is 230 g/mol. The summed E-state index contributed by atoms with van der Waals surface area (Å²) in [5, 5.41) is 3.93. The predicted molar refractivity (Wildman–Crippen MR) is 45.7 cm³/mol. The van der Waals surface area contributed by atoms with E-state index in [9.17, 15) is 22.8 Å². The summed E-state index contributed by atoms with van der Waals surface area (Å²) in [5.74, 6) is -4.55. The zero-order valence-electron chi connectivity index (χ0n) is 7.68. The van der Waals surface area contributed by atoms with Crippen LogP contribution in [0, 0.1) is 17.5 Å². The lowest BCUT2D eigenvalue weighted by Gasteiger charge is -2.08. The van der Waals surface area contributed by atoms with Crippen LogP contribution in [-0.2, 0) is 4.79 Å². The second-order valence-electron chi connectivity index (χ2n) is 3.18. The quantitative estimate of drug-likeness (QED) is 0.558. The number of amides is 3. The van der Waals surface area contributed by atoms with Crippen molar-refractivity contribution in [3.05, 3.63) is 35.1 Å². The number of hydrogen-bond donors (Lipinski definition) is 2. The molecule has 0 spiro atoms. The van der Waals surface area contributed by atoms with E-state index in [1.807, 2.05) is 5.32 Å². The topological polar surface area (TPSA) is 58.2 Å². The van der Waals surface area contributed by atoms with Crippen molar-refractivity contribution in [2.24, 2.45) is 0 Å². The monoisotopic (exact) mass is 230 g/mol. The predicted octanol–water partition coefficient (Wildman–Crippen LogP) is 0.984. The maximum absolute atomic E-state index is 13.2. The Labute approximate surface area is 87.4 Å². The highest BCUT2D eigenvalue weighted by atomic mass is 19.2. The molecule has 1 saturated heterocycles. The van der Waals surface area contributed by atoms with E-state index in [4.69, 9.17) is 0 Å². The van der Waals surface area contributed by atoms with Crippen LogP contribution in [0.25, 0.3) is 0 Å². The lowest BCUT2D eigenvalue weighted by Crippen LogP contribution is -2.22. The first-order chi connectivity index (χ1) is 7.49. The summed E-state index contributed by atoms with van der Waals surface area (Å²) in [6, 6.07) is -1.27. The molecule has 0 aliphatic carbocycles. The third-order valence-electron chi connectivity index (χ3n) is 2.12. The van der Waals surface area contributed by atoms with Crippen LogP contribution in [-0.4, -0.2) is 11.9 Å². The van der Waals surface area contributed by atoms with Crippen LogP contribution < -0.4 is 10.6 Å². The van der Waals surface area contributed by atoms with E-state index in [0.29, 0.717) is 12.1 Å². The molecule has 1 aliphatic heterocycles. The highest BCUT2D eigenvalue weighted by molar-refractivity contribution is 6.04. The zero-order chi connectivity index (χ0) is 11.9. The van der Waals surface area contributed by atoms with Crippen LogP contribution in [0.15, 0.2) is 12.1 Å². The van der Waals surface area contributed by atoms with E-state index in [1.54, 1.807) is 0 Å². The van der Waals surface area contributed by atoms with Crippen LogP contribution >= 0.6 is 0 Å². The van der Waals surface area contributed by atoms with E-state index in [1.165, 1.54) is 0 Å². The van der Waals surface area contributed by atoms with Crippen molar-refractivity contribution in [3.63, 3.8) is 0 Å². The van der Waals surface area contributed by atoms with Crippen LogP contribution in [0.4, 0.5) is 18.0 Å². The summed E-state index contributed by atoms with van der Waals surface area (Å²) >= 11 is 0. The van der Waals surface area contributed by atoms with Crippen molar-refractivity contribution in [1.82, 2.24) is 10.6 Å². The fourth-order valence-electron chi connectivity index (χ4n) is 1.39. The molecule has 16 heavy (non-hydrogen) atoms. The lowest BCUT2D eigenvalue weighted by molar-refractivity contribution is -0.120. The Morgan fingerprint density at radius 1 is 1.00 bits per heavy atom. The van der Waals surface area contributed by atoms with Gasteiger partial charge in [0.05, 0.1) is 0 Å². The Balaban J connectivity index is 2.45. The van der Waals surface area contributed by atoms with Gasteiger partial charge in [0, 0.05) is 11.6 Å². The molecule has 1 atom stereocenters. The molecule has 2 N–H and O–H groups in total. The number of halogens is 3. The average Bonchev–Trinajstić information content (AvgIpc) is 2.51. The summed E-state index contributed by atoms with van der Waals surface area (Å²) in [4.78, 5) is 21.9. The molecule has 1 aromatic carbocycles. The maximum Gasteiger partial charge on any atom is 0.322 e. The Hall–Kier alpha value is -2.05. The number of carbonyl (C=O) groups is 2.